The molecule has 1 atom stereocenters. The summed E-state index contributed by atoms with van der Waals surface area (Å²) < 4.78 is 5.72. The SMILES string of the molecule is Cc1cc(CC(C)N)cnc1Oc1cc(Cl)ccc1Cl. The van der Waals surface area contributed by atoms with Crippen molar-refractivity contribution in [1.29, 1.82) is 0 Å². The van der Waals surface area contributed by atoms with Crippen LogP contribution in [-0.4, -0.2) is 11.0 Å². The lowest BCUT2D eigenvalue weighted by Gasteiger charge is -2.11. The van der Waals surface area contributed by atoms with Gasteiger partial charge in [0.25, 0.3) is 0 Å². The van der Waals surface area contributed by atoms with E-state index < -0.39 is 0 Å². The Balaban J connectivity index is 2.23. The van der Waals surface area contributed by atoms with Crippen LogP contribution in [0.5, 0.6) is 11.6 Å². The van der Waals surface area contributed by atoms with Gasteiger partial charge in [-0.1, -0.05) is 23.2 Å². The molecule has 0 amide bonds. The number of nitrogens with two attached hydrogens (primary N) is 1. The minimum Gasteiger partial charge on any atom is -0.437 e. The zero-order valence-electron chi connectivity index (χ0n) is 11.4. The zero-order chi connectivity index (χ0) is 14.7. The predicted octanol–water partition coefficient (Wildman–Crippen LogP) is 4.38. The Bertz CT molecular complexity index is 615. The highest BCUT2D eigenvalue weighted by Crippen LogP contribution is 2.32. The molecule has 20 heavy (non-hydrogen) atoms. The molecule has 0 radical (unpaired) electrons. The molecule has 0 aliphatic carbocycles. The number of nitrogens with zero attached hydrogens (tertiary/aromatic N) is 1. The molecule has 2 aromatic rings. The number of benzene rings is 1. The van der Waals surface area contributed by atoms with Gasteiger partial charge in [-0.3, -0.25) is 0 Å². The number of ether oxygens (including phenoxy) is 1. The van der Waals surface area contributed by atoms with E-state index in [9.17, 15) is 0 Å². The van der Waals surface area contributed by atoms with Crippen LogP contribution in [0.15, 0.2) is 30.5 Å². The van der Waals surface area contributed by atoms with Crippen molar-refractivity contribution in [1.82, 2.24) is 4.98 Å². The number of rotatable bonds is 4. The van der Waals surface area contributed by atoms with Gasteiger partial charge in [0.15, 0.2) is 0 Å². The molecule has 0 saturated heterocycles. The summed E-state index contributed by atoms with van der Waals surface area (Å²) in [6.45, 7) is 3.90. The van der Waals surface area contributed by atoms with E-state index in [0.29, 0.717) is 21.7 Å². The van der Waals surface area contributed by atoms with Gasteiger partial charge in [-0.2, -0.15) is 0 Å². The second kappa shape index (κ2) is 6.44. The van der Waals surface area contributed by atoms with Crippen LogP contribution in [-0.2, 0) is 6.42 Å². The molecule has 1 aromatic heterocycles. The van der Waals surface area contributed by atoms with E-state index in [0.717, 1.165) is 17.5 Å². The minimum atomic E-state index is 0.102. The van der Waals surface area contributed by atoms with Gasteiger partial charge in [0, 0.05) is 28.9 Å². The first-order valence-corrected chi connectivity index (χ1v) is 7.05. The van der Waals surface area contributed by atoms with E-state index >= 15 is 0 Å². The van der Waals surface area contributed by atoms with Gasteiger partial charge < -0.3 is 10.5 Å². The summed E-state index contributed by atoms with van der Waals surface area (Å²) in [5, 5.41) is 1.06. The van der Waals surface area contributed by atoms with Gasteiger partial charge in [0.1, 0.15) is 5.75 Å². The predicted molar refractivity (Wildman–Crippen MR) is 82.9 cm³/mol. The Morgan fingerprint density at radius 3 is 2.70 bits per heavy atom. The molecule has 3 nitrogen and oxygen atoms in total. The van der Waals surface area contributed by atoms with Crippen LogP contribution in [0.3, 0.4) is 0 Å². The van der Waals surface area contributed by atoms with Crippen molar-refractivity contribution >= 4 is 23.2 Å². The van der Waals surface area contributed by atoms with Crippen molar-refractivity contribution in [2.45, 2.75) is 26.3 Å². The fourth-order valence-electron chi connectivity index (χ4n) is 1.87. The fourth-order valence-corrected chi connectivity index (χ4v) is 2.19. The van der Waals surface area contributed by atoms with Gasteiger partial charge >= 0.3 is 0 Å². The molecule has 1 aromatic carbocycles. The van der Waals surface area contributed by atoms with Crippen LogP contribution in [0.25, 0.3) is 0 Å². The Hall–Kier alpha value is -1.29. The lowest BCUT2D eigenvalue weighted by Crippen LogP contribution is -2.17. The Morgan fingerprint density at radius 1 is 1.30 bits per heavy atom. The monoisotopic (exact) mass is 310 g/mol. The summed E-state index contributed by atoms with van der Waals surface area (Å²) in [7, 11) is 0. The van der Waals surface area contributed by atoms with Crippen molar-refractivity contribution in [3.8, 4) is 11.6 Å². The average Bonchev–Trinajstić information content (AvgIpc) is 2.36. The molecule has 0 spiro atoms. The van der Waals surface area contributed by atoms with Crippen molar-refractivity contribution in [3.05, 3.63) is 51.6 Å². The van der Waals surface area contributed by atoms with Gasteiger partial charge in [0.05, 0.1) is 5.02 Å². The molecular weight excluding hydrogens is 295 g/mol. The quantitative estimate of drug-likeness (QED) is 0.911. The van der Waals surface area contributed by atoms with Crippen molar-refractivity contribution < 1.29 is 4.74 Å². The van der Waals surface area contributed by atoms with E-state index in [1.807, 2.05) is 19.9 Å². The van der Waals surface area contributed by atoms with Crippen LogP contribution in [0, 0.1) is 6.92 Å². The maximum Gasteiger partial charge on any atom is 0.222 e. The number of aromatic nitrogens is 1. The third-order valence-corrected chi connectivity index (χ3v) is 3.29. The molecule has 0 aliphatic rings. The number of halogens is 2. The molecule has 106 valence electrons. The topological polar surface area (TPSA) is 48.1 Å². The first-order valence-electron chi connectivity index (χ1n) is 6.29. The third kappa shape index (κ3) is 3.85. The van der Waals surface area contributed by atoms with Crippen LogP contribution in [0.1, 0.15) is 18.1 Å². The highest BCUT2D eigenvalue weighted by molar-refractivity contribution is 6.34. The third-order valence-electron chi connectivity index (χ3n) is 2.74. The van der Waals surface area contributed by atoms with Crippen LogP contribution in [0.2, 0.25) is 10.0 Å². The minimum absolute atomic E-state index is 0.102. The Morgan fingerprint density at radius 2 is 2.05 bits per heavy atom. The Kier molecular flexibility index (Phi) is 4.86. The standard InChI is InChI=1S/C15H16Cl2N2O/c1-9-5-11(6-10(2)18)8-19-15(9)20-14-7-12(16)3-4-13(14)17/h3-5,7-8,10H,6,18H2,1-2H3. The van der Waals surface area contributed by atoms with Crippen LogP contribution < -0.4 is 10.5 Å². The summed E-state index contributed by atoms with van der Waals surface area (Å²) in [6, 6.07) is 7.19. The normalized spacial score (nSPS) is 12.2. The second-order valence-corrected chi connectivity index (χ2v) is 5.67. The van der Waals surface area contributed by atoms with Crippen molar-refractivity contribution in [3.63, 3.8) is 0 Å². The van der Waals surface area contributed by atoms with Gasteiger partial charge in [-0.15, -0.1) is 0 Å². The first-order chi connectivity index (χ1) is 9.45. The van der Waals surface area contributed by atoms with E-state index in [1.54, 1.807) is 24.4 Å². The van der Waals surface area contributed by atoms with E-state index in [4.69, 9.17) is 33.7 Å². The summed E-state index contributed by atoms with van der Waals surface area (Å²) in [5.74, 6) is 1.01. The first kappa shape index (κ1) is 15.1. The number of hydrogen-bond acceptors (Lipinski definition) is 3. The smallest absolute Gasteiger partial charge is 0.222 e. The summed E-state index contributed by atoms with van der Waals surface area (Å²) in [6.07, 6.45) is 2.55. The number of pyridine rings is 1. The lowest BCUT2D eigenvalue weighted by atomic mass is 10.1. The molecule has 2 rings (SSSR count). The fraction of sp³-hybridized carbons (Fsp3) is 0.267. The molecule has 0 bridgehead atoms. The van der Waals surface area contributed by atoms with Crippen molar-refractivity contribution in [2.75, 3.05) is 0 Å². The number of hydrogen-bond donors (Lipinski definition) is 1. The van der Waals surface area contributed by atoms with E-state index in [-0.39, 0.29) is 6.04 Å². The van der Waals surface area contributed by atoms with Crippen LogP contribution >= 0.6 is 23.2 Å². The molecule has 0 fully saturated rings. The molecule has 0 saturated carbocycles. The average molecular weight is 311 g/mol. The second-order valence-electron chi connectivity index (χ2n) is 4.82. The summed E-state index contributed by atoms with van der Waals surface area (Å²) >= 11 is 12.0. The highest BCUT2D eigenvalue weighted by atomic mass is 35.5. The highest BCUT2D eigenvalue weighted by Gasteiger charge is 2.09. The zero-order valence-corrected chi connectivity index (χ0v) is 12.9. The molecule has 1 unspecified atom stereocenters. The van der Waals surface area contributed by atoms with E-state index in [1.165, 1.54) is 0 Å². The largest absolute Gasteiger partial charge is 0.437 e. The molecule has 5 heteroatoms. The van der Waals surface area contributed by atoms with Gasteiger partial charge in [-0.25, -0.2) is 4.98 Å². The maximum absolute atomic E-state index is 6.07. The molecule has 0 aliphatic heterocycles. The lowest BCUT2D eigenvalue weighted by molar-refractivity contribution is 0.458. The van der Waals surface area contributed by atoms with Gasteiger partial charge in [-0.05, 0) is 44.0 Å². The summed E-state index contributed by atoms with van der Waals surface area (Å²) in [4.78, 5) is 4.32. The van der Waals surface area contributed by atoms with Crippen LogP contribution in [0.4, 0.5) is 0 Å². The molecular formula is C15H16Cl2N2O. The maximum atomic E-state index is 6.07. The Labute approximate surface area is 128 Å². The molecule has 1 heterocycles. The van der Waals surface area contributed by atoms with Crippen molar-refractivity contribution in [2.24, 2.45) is 5.73 Å². The number of aryl methyl sites for hydroxylation is 1. The molecule has 2 N–H and O–H groups in total. The van der Waals surface area contributed by atoms with E-state index in [2.05, 4.69) is 4.98 Å². The summed E-state index contributed by atoms with van der Waals surface area (Å²) in [5.41, 5.74) is 7.80. The van der Waals surface area contributed by atoms with Gasteiger partial charge in [0.2, 0.25) is 5.88 Å².